The summed E-state index contributed by atoms with van der Waals surface area (Å²) in [6.45, 7) is 0.823. The van der Waals surface area contributed by atoms with Crippen molar-refractivity contribution in [2.24, 2.45) is 5.16 Å². The molecule has 0 aromatic heterocycles. The molecule has 1 aliphatic rings. The second kappa shape index (κ2) is 8.51. The molecule has 0 saturated carbocycles. The van der Waals surface area contributed by atoms with Gasteiger partial charge >= 0.3 is 5.97 Å². The van der Waals surface area contributed by atoms with Crippen molar-refractivity contribution in [1.82, 2.24) is 5.32 Å². The van der Waals surface area contributed by atoms with Gasteiger partial charge in [-0.05, 0) is 18.6 Å². The van der Waals surface area contributed by atoms with Crippen molar-refractivity contribution < 1.29 is 24.3 Å². The molecule has 1 aliphatic heterocycles. The zero-order valence-corrected chi connectivity index (χ0v) is 15.1. The summed E-state index contributed by atoms with van der Waals surface area (Å²) < 4.78 is 4.91. The highest BCUT2D eigenvalue weighted by Gasteiger charge is 2.48. The van der Waals surface area contributed by atoms with Crippen LogP contribution in [-0.4, -0.2) is 48.6 Å². The van der Waals surface area contributed by atoms with Crippen LogP contribution in [0, 0.1) is 0 Å². The van der Waals surface area contributed by atoms with Crippen LogP contribution in [0.3, 0.4) is 0 Å². The second-order valence-electron chi connectivity index (χ2n) is 5.60. The molecule has 0 bridgehead atoms. The van der Waals surface area contributed by atoms with Crippen molar-refractivity contribution in [2.45, 2.75) is 24.9 Å². The van der Waals surface area contributed by atoms with E-state index in [1.165, 1.54) is 0 Å². The van der Waals surface area contributed by atoms with Crippen LogP contribution in [0.1, 0.15) is 24.8 Å². The summed E-state index contributed by atoms with van der Waals surface area (Å²) in [5.74, 6) is -1.69. The van der Waals surface area contributed by atoms with Crippen LogP contribution < -0.4 is 5.32 Å². The number of nitrogens with zero attached hydrogens (tertiary/aromatic N) is 1. The fourth-order valence-electron chi connectivity index (χ4n) is 2.47. The van der Waals surface area contributed by atoms with Gasteiger partial charge in [-0.3, -0.25) is 9.59 Å². The van der Waals surface area contributed by atoms with E-state index in [4.69, 9.17) is 32.8 Å². The van der Waals surface area contributed by atoms with Gasteiger partial charge in [-0.25, -0.2) is 0 Å². The maximum Gasteiger partial charge on any atom is 0.308 e. The minimum absolute atomic E-state index is 0.00321. The summed E-state index contributed by atoms with van der Waals surface area (Å²) in [6, 6.07) is 4.83. The lowest BCUT2D eigenvalue weighted by Crippen LogP contribution is -2.49. The predicted octanol–water partition coefficient (Wildman–Crippen LogP) is 2.48. The van der Waals surface area contributed by atoms with E-state index in [-0.39, 0.29) is 6.42 Å². The SMILES string of the molecule is COCCCNC(=O)C1(CC(=O)O)CC(c2ccc(Cl)cc2Cl)=NO1. The van der Waals surface area contributed by atoms with Gasteiger partial charge in [-0.2, -0.15) is 0 Å². The highest BCUT2D eigenvalue weighted by atomic mass is 35.5. The second-order valence-corrected chi connectivity index (χ2v) is 6.44. The first-order chi connectivity index (χ1) is 11.9. The molecule has 0 spiro atoms. The molecule has 0 radical (unpaired) electrons. The van der Waals surface area contributed by atoms with Crippen molar-refractivity contribution in [3.8, 4) is 0 Å². The van der Waals surface area contributed by atoms with Crippen molar-refractivity contribution in [3.63, 3.8) is 0 Å². The van der Waals surface area contributed by atoms with E-state index in [1.807, 2.05) is 0 Å². The zero-order chi connectivity index (χ0) is 18.4. The predicted molar refractivity (Wildman–Crippen MR) is 93.2 cm³/mol. The Kier molecular flexibility index (Phi) is 6.64. The minimum atomic E-state index is -1.60. The van der Waals surface area contributed by atoms with Crippen molar-refractivity contribution >= 4 is 40.8 Å². The van der Waals surface area contributed by atoms with Crippen LogP contribution in [0.25, 0.3) is 0 Å². The average Bonchev–Trinajstić information content (AvgIpc) is 2.95. The number of benzene rings is 1. The molecule has 1 aromatic rings. The maximum atomic E-state index is 12.5. The molecule has 2 rings (SSSR count). The van der Waals surface area contributed by atoms with Gasteiger partial charge in [0, 0.05) is 37.3 Å². The number of halogens is 2. The van der Waals surface area contributed by atoms with Crippen molar-refractivity contribution in [3.05, 3.63) is 33.8 Å². The molecule has 25 heavy (non-hydrogen) atoms. The first kappa shape index (κ1) is 19.5. The first-order valence-corrected chi connectivity index (χ1v) is 8.33. The molecule has 136 valence electrons. The molecule has 1 heterocycles. The summed E-state index contributed by atoms with van der Waals surface area (Å²) in [5.41, 5.74) is -0.655. The minimum Gasteiger partial charge on any atom is -0.481 e. The smallest absolute Gasteiger partial charge is 0.308 e. The quantitative estimate of drug-likeness (QED) is 0.666. The van der Waals surface area contributed by atoms with Crippen LogP contribution in [0.2, 0.25) is 10.0 Å². The Morgan fingerprint density at radius 2 is 2.20 bits per heavy atom. The van der Waals surface area contributed by atoms with E-state index in [9.17, 15) is 14.7 Å². The molecule has 0 fully saturated rings. The van der Waals surface area contributed by atoms with E-state index < -0.39 is 23.9 Å². The molecule has 9 heteroatoms. The summed E-state index contributed by atoms with van der Waals surface area (Å²) >= 11 is 12.0. The van der Waals surface area contributed by atoms with Crippen LogP contribution in [0.15, 0.2) is 23.4 Å². The molecule has 0 aliphatic carbocycles. The standard InChI is InChI=1S/C16H18Cl2N2O5/c1-24-6-2-5-19-15(23)16(9-14(21)22)8-13(20-25-16)11-4-3-10(17)7-12(11)18/h3-4,7H,2,5-6,8-9H2,1H3,(H,19,23)(H,21,22). The zero-order valence-electron chi connectivity index (χ0n) is 13.6. The van der Waals surface area contributed by atoms with E-state index in [1.54, 1.807) is 25.3 Å². The van der Waals surface area contributed by atoms with E-state index in [0.29, 0.717) is 40.9 Å². The number of hydrogen-bond donors (Lipinski definition) is 2. The van der Waals surface area contributed by atoms with Gasteiger partial charge in [0.25, 0.3) is 5.91 Å². The fraction of sp³-hybridized carbons (Fsp3) is 0.438. The summed E-state index contributed by atoms with van der Waals surface area (Å²) in [5, 5.41) is 16.6. The number of carbonyl (C=O) groups is 2. The molecule has 1 atom stereocenters. The van der Waals surface area contributed by atoms with E-state index >= 15 is 0 Å². The van der Waals surface area contributed by atoms with Gasteiger partial charge in [0.1, 0.15) is 0 Å². The van der Waals surface area contributed by atoms with E-state index in [2.05, 4.69) is 10.5 Å². The first-order valence-electron chi connectivity index (χ1n) is 7.57. The molecule has 1 amide bonds. The van der Waals surface area contributed by atoms with Gasteiger partial charge in [0.05, 0.1) is 17.2 Å². The lowest BCUT2D eigenvalue weighted by atomic mass is 9.90. The summed E-state index contributed by atoms with van der Waals surface area (Å²) in [7, 11) is 1.56. The Morgan fingerprint density at radius 1 is 1.44 bits per heavy atom. The summed E-state index contributed by atoms with van der Waals surface area (Å²) in [4.78, 5) is 29.0. The number of carboxylic acids is 1. The molecule has 7 nitrogen and oxygen atoms in total. The number of hydrogen-bond acceptors (Lipinski definition) is 5. The lowest BCUT2D eigenvalue weighted by Gasteiger charge is -2.23. The van der Waals surface area contributed by atoms with Crippen LogP contribution >= 0.6 is 23.2 Å². The topological polar surface area (TPSA) is 97.2 Å². The average molecular weight is 389 g/mol. The summed E-state index contributed by atoms with van der Waals surface area (Å²) in [6.07, 6.45) is 0.0835. The third-order valence-corrected chi connectivity index (χ3v) is 4.23. The number of methoxy groups -OCH3 is 1. The largest absolute Gasteiger partial charge is 0.481 e. The molecule has 0 saturated heterocycles. The third kappa shape index (κ3) is 4.84. The van der Waals surface area contributed by atoms with Crippen LogP contribution in [0.4, 0.5) is 0 Å². The number of oxime groups is 1. The number of carboxylic acid groups (broad SMARTS) is 1. The monoisotopic (exact) mass is 388 g/mol. The Hall–Kier alpha value is -1.83. The van der Waals surface area contributed by atoms with Crippen LogP contribution in [0.5, 0.6) is 0 Å². The Morgan fingerprint density at radius 3 is 2.84 bits per heavy atom. The Bertz CT molecular complexity index is 695. The molecule has 1 unspecified atom stereocenters. The number of rotatable bonds is 8. The number of ether oxygens (including phenoxy) is 1. The van der Waals surface area contributed by atoms with Crippen molar-refractivity contribution in [2.75, 3.05) is 20.3 Å². The van der Waals surface area contributed by atoms with Gasteiger partial charge in [0.15, 0.2) is 0 Å². The Labute approximate surface area is 154 Å². The fourth-order valence-corrected chi connectivity index (χ4v) is 2.98. The van der Waals surface area contributed by atoms with Gasteiger partial charge < -0.3 is 20.0 Å². The maximum absolute atomic E-state index is 12.5. The molecule has 1 aromatic carbocycles. The van der Waals surface area contributed by atoms with E-state index in [0.717, 1.165) is 0 Å². The van der Waals surface area contributed by atoms with Gasteiger partial charge in [-0.15, -0.1) is 0 Å². The third-order valence-electron chi connectivity index (χ3n) is 3.69. The number of carbonyl (C=O) groups excluding carboxylic acids is 1. The van der Waals surface area contributed by atoms with Gasteiger partial charge in [-0.1, -0.05) is 34.4 Å². The highest BCUT2D eigenvalue weighted by molar-refractivity contribution is 6.37. The highest BCUT2D eigenvalue weighted by Crippen LogP contribution is 2.33. The number of aliphatic carboxylic acids is 1. The number of amides is 1. The van der Waals surface area contributed by atoms with Crippen molar-refractivity contribution in [1.29, 1.82) is 0 Å². The number of nitrogens with one attached hydrogen (secondary N) is 1. The molecular weight excluding hydrogens is 371 g/mol. The van der Waals surface area contributed by atoms with Gasteiger partial charge in [0.2, 0.25) is 5.60 Å². The lowest BCUT2D eigenvalue weighted by molar-refractivity contribution is -0.156. The molecular formula is C16H18Cl2N2O5. The molecule has 2 N–H and O–H groups in total. The Balaban J connectivity index is 2.15. The van der Waals surface area contributed by atoms with Crippen LogP contribution in [-0.2, 0) is 19.2 Å². The normalized spacial score (nSPS) is 19.2.